The number of ether oxygens (including phenoxy) is 3. The molecular formula is C10H16O6. The Balaban J connectivity index is 1.99. The average molecular weight is 232 g/mol. The average Bonchev–Trinajstić information content (AvgIpc) is 2.69. The monoisotopic (exact) mass is 232 g/mol. The maximum Gasteiger partial charge on any atom is 0.306 e. The van der Waals surface area contributed by atoms with Gasteiger partial charge >= 0.3 is 5.97 Å². The molecule has 0 aromatic carbocycles. The molecule has 2 saturated heterocycles. The molecule has 92 valence electrons. The van der Waals surface area contributed by atoms with Crippen molar-refractivity contribution in [2.24, 2.45) is 0 Å². The molecular weight excluding hydrogens is 216 g/mol. The van der Waals surface area contributed by atoms with Gasteiger partial charge < -0.3 is 24.4 Å². The van der Waals surface area contributed by atoms with Crippen molar-refractivity contribution in [1.82, 2.24) is 0 Å². The zero-order chi connectivity index (χ0) is 11.7. The van der Waals surface area contributed by atoms with Crippen molar-refractivity contribution in [2.45, 2.75) is 50.5 Å². The second-order valence-corrected chi connectivity index (χ2v) is 4.06. The van der Waals surface area contributed by atoms with E-state index >= 15 is 0 Å². The van der Waals surface area contributed by atoms with Gasteiger partial charge in [0.25, 0.3) is 0 Å². The van der Waals surface area contributed by atoms with E-state index in [1.54, 1.807) is 0 Å². The van der Waals surface area contributed by atoms with E-state index in [9.17, 15) is 15.0 Å². The van der Waals surface area contributed by atoms with Gasteiger partial charge in [-0.15, -0.1) is 0 Å². The van der Waals surface area contributed by atoms with Gasteiger partial charge in [-0.3, -0.25) is 4.79 Å². The summed E-state index contributed by atoms with van der Waals surface area (Å²) in [6.07, 6.45) is -3.50. The van der Waals surface area contributed by atoms with Crippen molar-refractivity contribution in [2.75, 3.05) is 6.61 Å². The van der Waals surface area contributed by atoms with Crippen molar-refractivity contribution in [3.05, 3.63) is 0 Å². The molecule has 0 aliphatic carbocycles. The second-order valence-electron chi connectivity index (χ2n) is 4.06. The third-order valence-electron chi connectivity index (χ3n) is 2.79. The van der Waals surface area contributed by atoms with Crippen molar-refractivity contribution in [1.29, 1.82) is 0 Å². The van der Waals surface area contributed by atoms with Crippen LogP contribution in [0.2, 0.25) is 0 Å². The summed E-state index contributed by atoms with van der Waals surface area (Å²) < 4.78 is 15.5. The molecule has 2 bridgehead atoms. The molecule has 2 N–H and O–H groups in total. The first-order valence-electron chi connectivity index (χ1n) is 5.46. The first kappa shape index (κ1) is 11.8. The molecule has 0 amide bonds. The Labute approximate surface area is 93.1 Å². The summed E-state index contributed by atoms with van der Waals surface area (Å²) >= 11 is 0. The zero-order valence-electron chi connectivity index (χ0n) is 9.04. The predicted molar refractivity (Wildman–Crippen MR) is 51.4 cm³/mol. The highest BCUT2D eigenvalue weighted by Gasteiger charge is 2.51. The third-order valence-corrected chi connectivity index (χ3v) is 2.79. The van der Waals surface area contributed by atoms with Gasteiger partial charge in [0, 0.05) is 6.42 Å². The molecule has 2 heterocycles. The highest BCUT2D eigenvalue weighted by molar-refractivity contribution is 5.69. The molecule has 6 heteroatoms. The van der Waals surface area contributed by atoms with Crippen molar-refractivity contribution in [3.63, 3.8) is 0 Å². The normalized spacial score (nSPS) is 42.1. The summed E-state index contributed by atoms with van der Waals surface area (Å²) in [4.78, 5) is 11.3. The van der Waals surface area contributed by atoms with Crippen LogP contribution in [0, 0.1) is 0 Å². The highest BCUT2D eigenvalue weighted by atomic mass is 16.8. The van der Waals surface area contributed by atoms with Crippen LogP contribution in [0.25, 0.3) is 0 Å². The maximum absolute atomic E-state index is 11.3. The Morgan fingerprint density at radius 2 is 2.19 bits per heavy atom. The van der Waals surface area contributed by atoms with Gasteiger partial charge in [0.15, 0.2) is 12.4 Å². The highest BCUT2D eigenvalue weighted by Crippen LogP contribution is 2.30. The van der Waals surface area contributed by atoms with Gasteiger partial charge in [-0.2, -0.15) is 0 Å². The van der Waals surface area contributed by atoms with Crippen LogP contribution < -0.4 is 0 Å². The second kappa shape index (κ2) is 4.67. The first-order chi connectivity index (χ1) is 7.63. The Morgan fingerprint density at radius 3 is 2.88 bits per heavy atom. The van der Waals surface area contributed by atoms with E-state index in [0.29, 0.717) is 6.42 Å². The molecule has 0 unspecified atom stereocenters. The van der Waals surface area contributed by atoms with Crippen molar-refractivity contribution in [3.8, 4) is 0 Å². The first-order valence-corrected chi connectivity index (χ1v) is 5.46. The SMILES string of the molecule is CCCC(=O)O[C@H]1[C@@H]2OC[C@@H](O2)[C@H](O)[C@@H]1O. The van der Waals surface area contributed by atoms with Crippen LogP contribution in [0.5, 0.6) is 0 Å². The molecule has 5 atom stereocenters. The minimum absolute atomic E-state index is 0.213. The topological polar surface area (TPSA) is 85.2 Å². The largest absolute Gasteiger partial charge is 0.454 e. The van der Waals surface area contributed by atoms with Gasteiger partial charge in [-0.25, -0.2) is 0 Å². The van der Waals surface area contributed by atoms with Crippen LogP contribution in [0.1, 0.15) is 19.8 Å². The number of carbonyl (C=O) groups is 1. The Morgan fingerprint density at radius 1 is 1.44 bits per heavy atom. The number of aliphatic hydroxyl groups is 2. The van der Waals surface area contributed by atoms with Gasteiger partial charge in [0.2, 0.25) is 0 Å². The standard InChI is InChI=1S/C10H16O6/c1-2-3-6(11)16-9-8(13)7(12)5-4-14-10(9)15-5/h5,7-10,12-13H,2-4H2,1H3/t5-,7+,8+,9-,10-/m1/s1. The number of carbonyl (C=O) groups excluding carboxylic acids is 1. The lowest BCUT2D eigenvalue weighted by molar-refractivity contribution is -0.240. The number of fused-ring (bicyclic) bond motifs is 2. The fourth-order valence-electron chi connectivity index (χ4n) is 1.91. The van der Waals surface area contributed by atoms with Gasteiger partial charge in [0.1, 0.15) is 18.3 Å². The van der Waals surface area contributed by atoms with E-state index in [2.05, 4.69) is 0 Å². The number of hydrogen-bond donors (Lipinski definition) is 2. The number of rotatable bonds is 3. The molecule has 2 aliphatic heterocycles. The maximum atomic E-state index is 11.3. The molecule has 2 rings (SSSR count). The van der Waals surface area contributed by atoms with E-state index in [-0.39, 0.29) is 13.0 Å². The van der Waals surface area contributed by atoms with Crippen molar-refractivity contribution < 1.29 is 29.2 Å². The summed E-state index contributed by atoms with van der Waals surface area (Å²) in [7, 11) is 0. The smallest absolute Gasteiger partial charge is 0.306 e. The summed E-state index contributed by atoms with van der Waals surface area (Å²) in [5.74, 6) is -0.420. The van der Waals surface area contributed by atoms with Crippen LogP contribution in [-0.4, -0.2) is 53.5 Å². The van der Waals surface area contributed by atoms with E-state index in [4.69, 9.17) is 14.2 Å². The molecule has 2 aliphatic rings. The summed E-state index contributed by atoms with van der Waals surface area (Å²) in [5, 5.41) is 19.4. The molecule has 16 heavy (non-hydrogen) atoms. The number of esters is 1. The fourth-order valence-corrected chi connectivity index (χ4v) is 1.91. The van der Waals surface area contributed by atoms with Gasteiger partial charge in [-0.1, -0.05) is 6.92 Å². The summed E-state index contributed by atoms with van der Waals surface area (Å²) in [6, 6.07) is 0. The third kappa shape index (κ3) is 2.06. The lowest BCUT2D eigenvalue weighted by Crippen LogP contribution is -2.55. The molecule has 0 spiro atoms. The molecule has 0 saturated carbocycles. The predicted octanol–water partition coefficient (Wildman–Crippen LogP) is -0.825. The minimum Gasteiger partial charge on any atom is -0.454 e. The summed E-state index contributed by atoms with van der Waals surface area (Å²) in [6.45, 7) is 2.07. The van der Waals surface area contributed by atoms with Crippen molar-refractivity contribution >= 4 is 5.97 Å². The van der Waals surface area contributed by atoms with Crippen LogP contribution in [0.15, 0.2) is 0 Å². The molecule has 0 radical (unpaired) electrons. The lowest BCUT2D eigenvalue weighted by atomic mass is 10.0. The van der Waals surface area contributed by atoms with Crippen LogP contribution in [-0.2, 0) is 19.0 Å². The van der Waals surface area contributed by atoms with Gasteiger partial charge in [-0.05, 0) is 6.42 Å². The van der Waals surface area contributed by atoms with E-state index in [0.717, 1.165) is 0 Å². The molecule has 0 aromatic rings. The fraction of sp³-hybridized carbons (Fsp3) is 0.900. The van der Waals surface area contributed by atoms with E-state index < -0.39 is 36.7 Å². The van der Waals surface area contributed by atoms with Crippen LogP contribution >= 0.6 is 0 Å². The minimum atomic E-state index is -1.15. The lowest BCUT2D eigenvalue weighted by Gasteiger charge is -2.34. The molecule has 0 aromatic heterocycles. The Hall–Kier alpha value is -0.690. The van der Waals surface area contributed by atoms with Crippen LogP contribution in [0.3, 0.4) is 0 Å². The Bertz CT molecular complexity index is 268. The quantitative estimate of drug-likeness (QED) is 0.618. The van der Waals surface area contributed by atoms with Gasteiger partial charge in [0.05, 0.1) is 6.61 Å². The number of aliphatic hydroxyl groups excluding tert-OH is 2. The van der Waals surface area contributed by atoms with Crippen LogP contribution in [0.4, 0.5) is 0 Å². The molecule has 2 fully saturated rings. The molecule has 6 nitrogen and oxygen atoms in total. The van der Waals surface area contributed by atoms with E-state index in [1.807, 2.05) is 6.92 Å². The van der Waals surface area contributed by atoms with E-state index in [1.165, 1.54) is 0 Å². The Kier molecular flexibility index (Phi) is 3.44. The summed E-state index contributed by atoms with van der Waals surface area (Å²) in [5.41, 5.74) is 0. The zero-order valence-corrected chi connectivity index (χ0v) is 9.04. The number of hydrogen-bond acceptors (Lipinski definition) is 6.